The molecule has 0 atom stereocenters. The first-order chi connectivity index (χ1) is 2.94. The maximum Gasteiger partial charge on any atom is 0.436 e. The van der Waals surface area contributed by atoms with Gasteiger partial charge in [-0.1, -0.05) is 0 Å². The molecule has 0 aliphatic carbocycles. The molecule has 0 N–H and O–H groups in total. The molecule has 0 aromatic carbocycles. The molecule has 5 heteroatoms. The molecule has 0 unspecified atom stereocenters. The highest BCUT2D eigenvalue weighted by Crippen LogP contribution is 2.33. The maximum atomic E-state index is 11.0. The minimum atomic E-state index is -4.76. The first-order valence-electron chi connectivity index (χ1n) is 1.19. The highest BCUT2D eigenvalue weighted by molar-refractivity contribution is 14.1. The van der Waals surface area contributed by atoms with Gasteiger partial charge in [-0.2, -0.15) is 13.2 Å². The van der Waals surface area contributed by atoms with E-state index in [1.54, 1.807) is 0 Å². The van der Waals surface area contributed by atoms with Crippen LogP contribution in [0.4, 0.5) is 17.6 Å². The van der Waals surface area contributed by atoms with Crippen molar-refractivity contribution in [3.05, 3.63) is 4.18 Å². The number of hydrogen-bond donors (Lipinski definition) is 0. The van der Waals surface area contributed by atoms with Crippen LogP contribution >= 0.6 is 22.6 Å². The molecule has 0 aromatic rings. The molecule has 0 aliphatic rings. The Bertz CT molecular complexity index is 55.2. The van der Waals surface area contributed by atoms with Crippen LogP contribution in [0.1, 0.15) is 0 Å². The van der Waals surface area contributed by atoms with Crippen LogP contribution in [-0.4, -0.2) is 6.18 Å². The molecule has 0 aliphatic heterocycles. The van der Waals surface area contributed by atoms with Crippen molar-refractivity contribution in [3.63, 3.8) is 0 Å². The molecule has 0 nitrogen and oxygen atoms in total. The average molecular weight is 227 g/mol. The first-order valence-corrected chi connectivity index (χ1v) is 2.27. The van der Waals surface area contributed by atoms with Gasteiger partial charge in [0.15, 0.2) is 0 Å². The third-order valence-electron chi connectivity index (χ3n) is 0.214. The Balaban J connectivity index is 3.54. The van der Waals surface area contributed by atoms with Gasteiger partial charge in [-0.25, -0.2) is 4.39 Å². The molecule has 0 bridgehead atoms. The van der Waals surface area contributed by atoms with Crippen LogP contribution in [0.2, 0.25) is 0 Å². The lowest BCUT2D eigenvalue weighted by molar-refractivity contribution is -0.117. The predicted molar refractivity (Wildman–Crippen MR) is 24.4 cm³/mol. The van der Waals surface area contributed by atoms with E-state index in [1.165, 1.54) is 0 Å². The van der Waals surface area contributed by atoms with Crippen LogP contribution in [0.5, 0.6) is 0 Å². The predicted octanol–water partition coefficient (Wildman–Crippen LogP) is 2.44. The van der Waals surface area contributed by atoms with Gasteiger partial charge in [-0.15, -0.1) is 0 Å². The lowest BCUT2D eigenvalue weighted by Gasteiger charge is -2.00. The zero-order chi connectivity index (χ0) is 6.08. The molecule has 0 spiro atoms. The van der Waals surface area contributed by atoms with Crippen LogP contribution in [-0.2, 0) is 0 Å². The van der Waals surface area contributed by atoms with Gasteiger partial charge >= 0.3 is 10.4 Å². The fourth-order valence-electron chi connectivity index (χ4n) is 0. The van der Waals surface area contributed by atoms with E-state index in [0.29, 0.717) is 22.6 Å². The summed E-state index contributed by atoms with van der Waals surface area (Å²) in [7, 11) is 0. The molecule has 7 heavy (non-hydrogen) atoms. The van der Waals surface area contributed by atoms with Gasteiger partial charge < -0.3 is 0 Å². The average Bonchev–Trinajstić information content (AvgIpc) is 1.31. The van der Waals surface area contributed by atoms with Gasteiger partial charge in [-0.3, -0.25) is 0 Å². The third-order valence-corrected chi connectivity index (χ3v) is 0.826. The van der Waals surface area contributed by atoms with Crippen LogP contribution in [0.25, 0.3) is 0 Å². The summed E-state index contributed by atoms with van der Waals surface area (Å²) in [5, 5.41) is 0. The van der Waals surface area contributed by atoms with Gasteiger partial charge in [0.25, 0.3) is 0 Å². The molecule has 1 radical (unpaired) electrons. The van der Waals surface area contributed by atoms with Crippen molar-refractivity contribution in [2.24, 2.45) is 0 Å². The summed E-state index contributed by atoms with van der Waals surface area (Å²) in [6, 6.07) is 0. The molecule has 0 heterocycles. The summed E-state index contributed by atoms with van der Waals surface area (Å²) < 4.78 is 41.2. The monoisotopic (exact) mass is 227 g/mol. The van der Waals surface area contributed by atoms with Crippen molar-refractivity contribution in [2.75, 3.05) is 0 Å². The molecule has 0 fully saturated rings. The zero-order valence-electron chi connectivity index (χ0n) is 2.89. The second-order valence-corrected chi connectivity index (χ2v) is 1.71. The SMILES string of the molecule is F[C](I)C(F)(F)F. The Labute approximate surface area is 51.0 Å². The molecule has 43 valence electrons. The van der Waals surface area contributed by atoms with E-state index in [-0.39, 0.29) is 0 Å². The summed E-state index contributed by atoms with van der Waals surface area (Å²) in [5.41, 5.74) is 0. The van der Waals surface area contributed by atoms with Crippen molar-refractivity contribution in [1.29, 1.82) is 0 Å². The van der Waals surface area contributed by atoms with Crippen molar-refractivity contribution in [1.82, 2.24) is 0 Å². The van der Waals surface area contributed by atoms with Crippen LogP contribution in [0.3, 0.4) is 0 Å². The third kappa shape index (κ3) is 3.07. The van der Waals surface area contributed by atoms with Crippen molar-refractivity contribution >= 4 is 22.6 Å². The van der Waals surface area contributed by atoms with Gasteiger partial charge in [0, 0.05) is 0 Å². The Hall–Kier alpha value is 0.450. The molecular weight excluding hydrogens is 227 g/mol. The van der Waals surface area contributed by atoms with Gasteiger partial charge in [0.1, 0.15) is 0 Å². The molecule has 0 saturated heterocycles. The topological polar surface area (TPSA) is 0 Å². The quantitative estimate of drug-likeness (QED) is 0.440. The number of hydrogen-bond acceptors (Lipinski definition) is 0. The maximum absolute atomic E-state index is 11.0. The summed E-state index contributed by atoms with van der Waals surface area (Å²) >= 11 is 0.574. The van der Waals surface area contributed by atoms with Crippen LogP contribution in [0, 0.1) is 4.18 Å². The van der Waals surface area contributed by atoms with Gasteiger partial charge in [-0.05, 0) is 22.6 Å². The minimum absolute atomic E-state index is 0.574. The summed E-state index contributed by atoms with van der Waals surface area (Å²) in [5.74, 6) is 0. The molecular formula is C2F4I. The van der Waals surface area contributed by atoms with E-state index >= 15 is 0 Å². The second-order valence-electron chi connectivity index (χ2n) is 0.758. The van der Waals surface area contributed by atoms with E-state index in [0.717, 1.165) is 0 Å². The normalized spacial score (nSPS) is 12.9. The highest BCUT2D eigenvalue weighted by atomic mass is 127. The fraction of sp³-hybridized carbons (Fsp3) is 0.500. The minimum Gasteiger partial charge on any atom is -0.217 e. The van der Waals surface area contributed by atoms with Crippen molar-refractivity contribution in [3.8, 4) is 0 Å². The van der Waals surface area contributed by atoms with E-state index in [9.17, 15) is 17.6 Å². The molecule has 0 amide bonds. The van der Waals surface area contributed by atoms with Crippen LogP contribution in [0.15, 0.2) is 0 Å². The summed E-state index contributed by atoms with van der Waals surface area (Å²) in [4.78, 5) is 0. The van der Waals surface area contributed by atoms with Gasteiger partial charge in [0.2, 0.25) is 0 Å². The molecule has 0 saturated carbocycles. The Morgan fingerprint density at radius 1 is 1.29 bits per heavy atom. The standard InChI is InChI=1S/C2F4I/c3-1(7)2(4,5)6. The number of alkyl halides is 3. The van der Waals surface area contributed by atoms with E-state index in [4.69, 9.17) is 0 Å². The fourth-order valence-corrected chi connectivity index (χ4v) is 0. The highest BCUT2D eigenvalue weighted by Gasteiger charge is 2.39. The molecule has 0 aromatic heterocycles. The van der Waals surface area contributed by atoms with Crippen molar-refractivity contribution in [2.45, 2.75) is 6.18 Å². The number of rotatable bonds is 0. The Kier molecular flexibility index (Phi) is 2.28. The summed E-state index contributed by atoms with van der Waals surface area (Å²) in [6.45, 7) is 0. The number of halogens is 5. The van der Waals surface area contributed by atoms with E-state index < -0.39 is 10.4 Å². The summed E-state index contributed by atoms with van der Waals surface area (Å²) in [6.07, 6.45) is -4.76. The Morgan fingerprint density at radius 2 is 1.43 bits per heavy atom. The largest absolute Gasteiger partial charge is 0.436 e. The lowest BCUT2D eigenvalue weighted by Crippen LogP contribution is -2.09. The van der Waals surface area contributed by atoms with E-state index in [1.807, 2.05) is 0 Å². The Morgan fingerprint density at radius 3 is 1.43 bits per heavy atom. The van der Waals surface area contributed by atoms with E-state index in [2.05, 4.69) is 0 Å². The second kappa shape index (κ2) is 2.15. The van der Waals surface area contributed by atoms with Gasteiger partial charge in [0.05, 0.1) is 0 Å². The first kappa shape index (κ1) is 7.45. The van der Waals surface area contributed by atoms with Crippen LogP contribution < -0.4 is 0 Å². The van der Waals surface area contributed by atoms with Crippen molar-refractivity contribution < 1.29 is 17.6 Å². The molecule has 0 rings (SSSR count). The smallest absolute Gasteiger partial charge is 0.217 e. The zero-order valence-corrected chi connectivity index (χ0v) is 5.05. The lowest BCUT2D eigenvalue weighted by atomic mass is 10.8.